The van der Waals surface area contributed by atoms with Gasteiger partial charge in [-0.3, -0.25) is 9.59 Å². The largest absolute Gasteiger partial charge is 0.504 e. The highest BCUT2D eigenvalue weighted by Crippen LogP contribution is 2.43. The summed E-state index contributed by atoms with van der Waals surface area (Å²) in [5.74, 6) is 0.200. The zero-order valence-electron chi connectivity index (χ0n) is 16.2. The van der Waals surface area contributed by atoms with Gasteiger partial charge in [0.15, 0.2) is 11.5 Å². The molecule has 0 aliphatic carbocycles. The van der Waals surface area contributed by atoms with Crippen LogP contribution in [0.5, 0.6) is 11.5 Å². The molecule has 3 aromatic rings. The van der Waals surface area contributed by atoms with Gasteiger partial charge < -0.3 is 24.6 Å². The van der Waals surface area contributed by atoms with Crippen LogP contribution in [0.4, 0.5) is 0 Å². The van der Waals surface area contributed by atoms with Crippen LogP contribution in [0.25, 0.3) is 10.9 Å². The van der Waals surface area contributed by atoms with E-state index < -0.39 is 12.1 Å². The Labute approximate surface area is 167 Å². The van der Waals surface area contributed by atoms with Crippen molar-refractivity contribution in [2.24, 2.45) is 0 Å². The molecule has 7 heteroatoms. The van der Waals surface area contributed by atoms with Crippen molar-refractivity contribution in [3.05, 3.63) is 59.3 Å². The first-order chi connectivity index (χ1) is 14.0. The average Bonchev–Trinajstić information content (AvgIpc) is 3.09. The number of phenols is 1. The molecule has 7 nitrogen and oxygen atoms in total. The third-order valence-corrected chi connectivity index (χ3v) is 5.97. The van der Waals surface area contributed by atoms with Crippen molar-refractivity contribution in [2.45, 2.75) is 18.5 Å². The van der Waals surface area contributed by atoms with E-state index in [1.165, 1.54) is 12.0 Å². The minimum absolute atomic E-state index is 0.0289. The number of carbonyl (C=O) groups excluding carboxylic acids is 2. The Morgan fingerprint density at radius 3 is 2.76 bits per heavy atom. The van der Waals surface area contributed by atoms with Crippen molar-refractivity contribution < 1.29 is 19.4 Å². The number of rotatable bonds is 2. The van der Waals surface area contributed by atoms with E-state index in [-0.39, 0.29) is 24.1 Å². The summed E-state index contributed by atoms with van der Waals surface area (Å²) < 4.78 is 5.29. The summed E-state index contributed by atoms with van der Waals surface area (Å²) in [5, 5.41) is 11.1. The number of aromatic amines is 1. The fourth-order valence-electron chi connectivity index (χ4n) is 4.62. The van der Waals surface area contributed by atoms with Crippen molar-refractivity contribution in [2.75, 3.05) is 20.7 Å². The van der Waals surface area contributed by atoms with Crippen molar-refractivity contribution in [1.82, 2.24) is 14.8 Å². The van der Waals surface area contributed by atoms with E-state index >= 15 is 0 Å². The van der Waals surface area contributed by atoms with Gasteiger partial charge in [-0.25, -0.2) is 0 Å². The van der Waals surface area contributed by atoms with Gasteiger partial charge in [0, 0.05) is 30.1 Å². The Kier molecular flexibility index (Phi) is 3.81. The quantitative estimate of drug-likeness (QED) is 0.701. The Hall–Kier alpha value is -3.48. The predicted octanol–water partition coefficient (Wildman–Crippen LogP) is 2.20. The monoisotopic (exact) mass is 391 g/mol. The summed E-state index contributed by atoms with van der Waals surface area (Å²) in [7, 11) is 3.16. The van der Waals surface area contributed by atoms with Crippen LogP contribution < -0.4 is 4.74 Å². The van der Waals surface area contributed by atoms with Gasteiger partial charge in [-0.15, -0.1) is 0 Å². The molecule has 5 rings (SSSR count). The van der Waals surface area contributed by atoms with Gasteiger partial charge in [0.1, 0.15) is 6.04 Å². The maximum Gasteiger partial charge on any atom is 0.245 e. The fraction of sp³-hybridized carbons (Fsp3) is 0.273. The molecule has 2 aliphatic heterocycles. The molecule has 0 saturated carbocycles. The number of ether oxygens (including phenoxy) is 1. The van der Waals surface area contributed by atoms with Gasteiger partial charge in [0.05, 0.1) is 19.7 Å². The second kappa shape index (κ2) is 6.27. The molecule has 148 valence electrons. The normalized spacial score (nSPS) is 21.3. The lowest BCUT2D eigenvalue weighted by molar-refractivity contribution is -0.157. The lowest BCUT2D eigenvalue weighted by Crippen LogP contribution is -2.62. The van der Waals surface area contributed by atoms with Crippen LogP contribution in [-0.2, 0) is 16.0 Å². The molecule has 1 aromatic heterocycles. The van der Waals surface area contributed by atoms with E-state index in [2.05, 4.69) is 4.98 Å². The van der Waals surface area contributed by atoms with Crippen molar-refractivity contribution in [3.8, 4) is 11.5 Å². The molecule has 0 radical (unpaired) electrons. The number of phenolic OH excluding ortho intramolecular Hbond substituents is 1. The van der Waals surface area contributed by atoms with Crippen LogP contribution >= 0.6 is 0 Å². The third kappa shape index (κ3) is 2.50. The average molecular weight is 391 g/mol. The Morgan fingerprint density at radius 1 is 1.17 bits per heavy atom. The molecule has 0 bridgehead atoms. The molecule has 2 aliphatic rings. The number of para-hydroxylation sites is 1. The van der Waals surface area contributed by atoms with Crippen LogP contribution in [0, 0.1) is 0 Å². The first-order valence-electron chi connectivity index (χ1n) is 9.52. The minimum Gasteiger partial charge on any atom is -0.504 e. The second-order valence-electron chi connectivity index (χ2n) is 7.61. The van der Waals surface area contributed by atoms with Crippen LogP contribution in [0.2, 0.25) is 0 Å². The number of hydrogen-bond donors (Lipinski definition) is 2. The van der Waals surface area contributed by atoms with E-state index in [1.54, 1.807) is 30.1 Å². The third-order valence-electron chi connectivity index (χ3n) is 5.97. The maximum atomic E-state index is 13.1. The Bertz CT molecular complexity index is 1150. The SMILES string of the molecule is COc1cc(C2c3[nH]c4ccccc4c3CC3C(=O)N(C)CC(=O)N32)ccc1O. The number of fused-ring (bicyclic) bond motifs is 4. The number of hydrogen-bond acceptors (Lipinski definition) is 4. The molecule has 3 heterocycles. The standard InChI is InChI=1S/C22H21N3O4/c1-24-11-19(27)25-16(22(24)28)10-14-13-5-3-4-6-15(13)23-20(14)21(25)12-7-8-17(26)18(9-12)29-2/h3-9,16,21,23,26H,10-11H2,1-2H3. The highest BCUT2D eigenvalue weighted by atomic mass is 16.5. The summed E-state index contributed by atoms with van der Waals surface area (Å²) in [4.78, 5) is 32.7. The Morgan fingerprint density at radius 2 is 1.97 bits per heavy atom. The lowest BCUT2D eigenvalue weighted by Gasteiger charge is -2.46. The summed E-state index contributed by atoms with van der Waals surface area (Å²) in [5.41, 5.74) is 3.71. The number of aromatic nitrogens is 1. The summed E-state index contributed by atoms with van der Waals surface area (Å²) in [6, 6.07) is 12.0. The first-order valence-corrected chi connectivity index (χ1v) is 9.52. The first kappa shape index (κ1) is 17.6. The number of nitrogens with one attached hydrogen (secondary N) is 1. The highest BCUT2D eigenvalue weighted by Gasteiger charge is 2.47. The minimum atomic E-state index is -0.558. The molecular formula is C22H21N3O4. The molecule has 2 amide bonds. The molecule has 2 unspecified atom stereocenters. The van der Waals surface area contributed by atoms with E-state index in [0.717, 1.165) is 27.7 Å². The number of likely N-dealkylation sites (N-methyl/N-ethyl adjacent to an activating group) is 1. The van der Waals surface area contributed by atoms with Crippen LogP contribution in [0.1, 0.15) is 22.9 Å². The van der Waals surface area contributed by atoms with Gasteiger partial charge in [0.2, 0.25) is 11.8 Å². The number of H-pyrrole nitrogens is 1. The van der Waals surface area contributed by atoms with Crippen molar-refractivity contribution in [1.29, 1.82) is 0 Å². The number of methoxy groups -OCH3 is 1. The predicted molar refractivity (Wildman–Crippen MR) is 107 cm³/mol. The number of benzene rings is 2. The van der Waals surface area contributed by atoms with Crippen LogP contribution in [0.3, 0.4) is 0 Å². The maximum absolute atomic E-state index is 13.1. The number of piperazine rings is 1. The molecule has 2 aromatic carbocycles. The molecule has 2 N–H and O–H groups in total. The topological polar surface area (TPSA) is 85.9 Å². The van der Waals surface area contributed by atoms with Crippen LogP contribution in [0.15, 0.2) is 42.5 Å². The number of nitrogens with zero attached hydrogens (tertiary/aromatic N) is 2. The van der Waals surface area contributed by atoms with Gasteiger partial charge >= 0.3 is 0 Å². The molecule has 0 spiro atoms. The Balaban J connectivity index is 1.76. The van der Waals surface area contributed by atoms with E-state index in [1.807, 2.05) is 24.3 Å². The molecule has 1 fully saturated rings. The molecule has 29 heavy (non-hydrogen) atoms. The molecular weight excluding hydrogens is 370 g/mol. The van der Waals surface area contributed by atoms with E-state index in [4.69, 9.17) is 4.74 Å². The smallest absolute Gasteiger partial charge is 0.245 e. The zero-order chi connectivity index (χ0) is 20.3. The lowest BCUT2D eigenvalue weighted by atomic mass is 9.86. The van der Waals surface area contributed by atoms with Crippen molar-refractivity contribution >= 4 is 22.7 Å². The van der Waals surface area contributed by atoms with Gasteiger partial charge in [-0.2, -0.15) is 0 Å². The van der Waals surface area contributed by atoms with E-state index in [9.17, 15) is 14.7 Å². The van der Waals surface area contributed by atoms with Gasteiger partial charge in [-0.1, -0.05) is 24.3 Å². The second-order valence-corrected chi connectivity index (χ2v) is 7.61. The summed E-state index contributed by atoms with van der Waals surface area (Å²) >= 11 is 0. The highest BCUT2D eigenvalue weighted by molar-refractivity contribution is 5.97. The molecule has 2 atom stereocenters. The number of carbonyl (C=O) groups is 2. The van der Waals surface area contributed by atoms with Crippen molar-refractivity contribution in [3.63, 3.8) is 0 Å². The number of amides is 2. The number of aromatic hydroxyl groups is 1. The van der Waals surface area contributed by atoms with E-state index in [0.29, 0.717) is 12.2 Å². The zero-order valence-corrected chi connectivity index (χ0v) is 16.2. The fourth-order valence-corrected chi connectivity index (χ4v) is 4.62. The van der Waals surface area contributed by atoms with Gasteiger partial charge in [0.25, 0.3) is 0 Å². The van der Waals surface area contributed by atoms with Gasteiger partial charge in [-0.05, 0) is 29.3 Å². The summed E-state index contributed by atoms with van der Waals surface area (Å²) in [6.07, 6.45) is 0.472. The van der Waals surface area contributed by atoms with Crippen LogP contribution in [-0.4, -0.2) is 58.4 Å². The molecule has 1 saturated heterocycles. The summed E-state index contributed by atoms with van der Waals surface area (Å²) in [6.45, 7) is 0.0522.